The number of hydrogen-bond donors (Lipinski definition) is 1. The summed E-state index contributed by atoms with van der Waals surface area (Å²) in [6.45, 7) is 7.57. The highest BCUT2D eigenvalue weighted by Gasteiger charge is 2.26. The molecular weight excluding hydrogens is 322 g/mol. The molecule has 2 aliphatic heterocycles. The highest BCUT2D eigenvalue weighted by Crippen LogP contribution is 2.32. The van der Waals surface area contributed by atoms with Crippen LogP contribution >= 0.6 is 0 Å². The van der Waals surface area contributed by atoms with Crippen LogP contribution in [0.25, 0.3) is 0 Å². The van der Waals surface area contributed by atoms with E-state index in [0.717, 1.165) is 43.1 Å². The van der Waals surface area contributed by atoms with Crippen molar-refractivity contribution >= 4 is 11.8 Å². The maximum atomic E-state index is 12.2. The molecule has 2 aliphatic rings. The van der Waals surface area contributed by atoms with Gasteiger partial charge < -0.3 is 19.7 Å². The second-order valence-electron chi connectivity index (χ2n) is 6.54. The first-order chi connectivity index (χ1) is 12.1. The molecule has 2 amide bonds. The van der Waals surface area contributed by atoms with Crippen molar-refractivity contribution in [3.05, 3.63) is 23.8 Å². The Balaban J connectivity index is 1.48. The van der Waals surface area contributed by atoms with Crippen LogP contribution in [-0.4, -0.2) is 60.6 Å². The van der Waals surface area contributed by atoms with E-state index in [1.165, 1.54) is 0 Å². The minimum atomic E-state index is -0.501. The molecule has 25 heavy (non-hydrogen) atoms. The fraction of sp³-hybridized carbons (Fsp3) is 0.556. The molecule has 1 aromatic carbocycles. The van der Waals surface area contributed by atoms with Crippen LogP contribution in [0.2, 0.25) is 0 Å². The van der Waals surface area contributed by atoms with E-state index in [-0.39, 0.29) is 12.8 Å². The van der Waals surface area contributed by atoms with Gasteiger partial charge in [-0.05, 0) is 31.0 Å². The Morgan fingerprint density at radius 1 is 1.16 bits per heavy atom. The summed E-state index contributed by atoms with van der Waals surface area (Å²) < 4.78 is 10.7. The fourth-order valence-corrected chi connectivity index (χ4v) is 2.94. The van der Waals surface area contributed by atoms with Crippen LogP contribution in [-0.2, 0) is 16.1 Å². The third kappa shape index (κ3) is 4.22. The molecule has 7 heteroatoms. The van der Waals surface area contributed by atoms with Gasteiger partial charge in [0.25, 0.3) is 0 Å². The average Bonchev–Trinajstić information content (AvgIpc) is 3.09. The van der Waals surface area contributed by atoms with Gasteiger partial charge in [0.05, 0.1) is 0 Å². The third-order valence-electron chi connectivity index (χ3n) is 4.69. The second-order valence-corrected chi connectivity index (χ2v) is 6.54. The first-order valence-corrected chi connectivity index (χ1v) is 8.77. The molecular formula is C18H25N3O4. The van der Waals surface area contributed by atoms with Gasteiger partial charge in [-0.3, -0.25) is 14.5 Å². The van der Waals surface area contributed by atoms with Crippen LogP contribution in [0.4, 0.5) is 0 Å². The Labute approximate surface area is 147 Å². The molecule has 1 unspecified atom stereocenters. The second kappa shape index (κ2) is 7.74. The molecule has 7 nitrogen and oxygen atoms in total. The van der Waals surface area contributed by atoms with Crippen molar-refractivity contribution in [2.24, 2.45) is 0 Å². The number of hydrogen-bond acceptors (Lipinski definition) is 5. The van der Waals surface area contributed by atoms with Crippen molar-refractivity contribution in [3.8, 4) is 11.5 Å². The Bertz CT molecular complexity index is 641. The lowest BCUT2D eigenvalue weighted by molar-refractivity contribution is -0.147. The normalized spacial score (nSPS) is 18.1. The van der Waals surface area contributed by atoms with E-state index in [0.29, 0.717) is 13.1 Å². The number of benzene rings is 1. The summed E-state index contributed by atoms with van der Waals surface area (Å²) >= 11 is 0. The monoisotopic (exact) mass is 347 g/mol. The molecule has 136 valence electrons. The molecule has 1 atom stereocenters. The number of carbonyl (C=O) groups is 2. The van der Waals surface area contributed by atoms with Crippen molar-refractivity contribution in [2.45, 2.75) is 32.9 Å². The predicted octanol–water partition coefficient (Wildman–Crippen LogP) is 0.974. The zero-order valence-corrected chi connectivity index (χ0v) is 14.8. The lowest BCUT2D eigenvalue weighted by atomic mass is 10.1. The molecule has 0 aromatic heterocycles. The number of nitrogens with one attached hydrogen (secondary N) is 1. The van der Waals surface area contributed by atoms with Gasteiger partial charge in [-0.1, -0.05) is 13.0 Å². The van der Waals surface area contributed by atoms with Gasteiger partial charge in [0.15, 0.2) is 11.5 Å². The van der Waals surface area contributed by atoms with Crippen LogP contribution in [0.5, 0.6) is 11.5 Å². The first-order valence-electron chi connectivity index (χ1n) is 8.77. The zero-order valence-electron chi connectivity index (χ0n) is 14.8. The molecule has 1 saturated heterocycles. The van der Waals surface area contributed by atoms with Crippen molar-refractivity contribution in [3.63, 3.8) is 0 Å². The Morgan fingerprint density at radius 3 is 2.60 bits per heavy atom. The van der Waals surface area contributed by atoms with Crippen LogP contribution in [0.15, 0.2) is 18.2 Å². The van der Waals surface area contributed by atoms with Gasteiger partial charge in [0.1, 0.15) is 0 Å². The highest BCUT2D eigenvalue weighted by atomic mass is 16.7. The van der Waals surface area contributed by atoms with Gasteiger partial charge in [-0.25, -0.2) is 0 Å². The van der Waals surface area contributed by atoms with E-state index >= 15 is 0 Å². The summed E-state index contributed by atoms with van der Waals surface area (Å²) in [5, 5.41) is 2.73. The van der Waals surface area contributed by atoms with Crippen molar-refractivity contribution in [1.29, 1.82) is 0 Å². The Morgan fingerprint density at radius 2 is 1.88 bits per heavy atom. The largest absolute Gasteiger partial charge is 0.454 e. The van der Waals surface area contributed by atoms with Crippen LogP contribution in [0.3, 0.4) is 0 Å². The van der Waals surface area contributed by atoms with Gasteiger partial charge in [0.2, 0.25) is 6.79 Å². The Kier molecular flexibility index (Phi) is 5.43. The predicted molar refractivity (Wildman–Crippen MR) is 92.3 cm³/mol. The highest BCUT2D eigenvalue weighted by molar-refractivity contribution is 6.35. The lowest BCUT2D eigenvalue weighted by Gasteiger charge is -2.34. The third-order valence-corrected chi connectivity index (χ3v) is 4.69. The van der Waals surface area contributed by atoms with Crippen molar-refractivity contribution in [2.75, 3.05) is 33.0 Å². The Hall–Kier alpha value is -2.28. The van der Waals surface area contributed by atoms with Crippen LogP contribution < -0.4 is 14.8 Å². The minimum Gasteiger partial charge on any atom is -0.454 e. The molecule has 0 radical (unpaired) electrons. The van der Waals surface area contributed by atoms with E-state index in [2.05, 4.69) is 10.2 Å². The molecule has 0 saturated carbocycles. The van der Waals surface area contributed by atoms with Crippen molar-refractivity contribution in [1.82, 2.24) is 15.1 Å². The molecule has 0 spiro atoms. The summed E-state index contributed by atoms with van der Waals surface area (Å²) in [5.74, 6) is 0.640. The first kappa shape index (κ1) is 17.5. The van der Waals surface area contributed by atoms with Gasteiger partial charge in [0, 0.05) is 38.8 Å². The molecule has 1 N–H and O–H groups in total. The SMILES string of the molecule is CCC(C)NC(=O)C(=O)N1CCN(Cc2ccc3c(c2)OCO3)CC1. The molecule has 1 fully saturated rings. The van der Waals surface area contributed by atoms with E-state index < -0.39 is 11.8 Å². The smallest absolute Gasteiger partial charge is 0.311 e. The summed E-state index contributed by atoms with van der Waals surface area (Å²) in [7, 11) is 0. The molecule has 0 aliphatic carbocycles. The maximum Gasteiger partial charge on any atom is 0.311 e. The van der Waals surface area contributed by atoms with E-state index in [1.54, 1.807) is 4.90 Å². The molecule has 2 heterocycles. The molecule has 3 rings (SSSR count). The van der Waals surface area contributed by atoms with Gasteiger partial charge in [-0.2, -0.15) is 0 Å². The van der Waals surface area contributed by atoms with Crippen LogP contribution in [0.1, 0.15) is 25.8 Å². The molecule has 0 bridgehead atoms. The zero-order chi connectivity index (χ0) is 17.8. The summed E-state index contributed by atoms with van der Waals surface area (Å²) in [6.07, 6.45) is 0.808. The number of ether oxygens (including phenoxy) is 2. The van der Waals surface area contributed by atoms with Gasteiger partial charge in [-0.15, -0.1) is 0 Å². The van der Waals surface area contributed by atoms with E-state index in [1.807, 2.05) is 32.0 Å². The van der Waals surface area contributed by atoms with Crippen molar-refractivity contribution < 1.29 is 19.1 Å². The number of fused-ring (bicyclic) bond motifs is 1. The van der Waals surface area contributed by atoms with Gasteiger partial charge >= 0.3 is 11.8 Å². The summed E-state index contributed by atoms with van der Waals surface area (Å²) in [6, 6.07) is 5.98. The van der Waals surface area contributed by atoms with E-state index in [4.69, 9.17) is 9.47 Å². The fourth-order valence-electron chi connectivity index (χ4n) is 2.94. The minimum absolute atomic E-state index is 0.0174. The number of carbonyl (C=O) groups excluding carboxylic acids is 2. The quantitative estimate of drug-likeness (QED) is 0.822. The number of rotatable bonds is 4. The molecule has 1 aromatic rings. The summed E-state index contributed by atoms with van der Waals surface area (Å²) in [5.41, 5.74) is 1.15. The number of piperazine rings is 1. The maximum absolute atomic E-state index is 12.2. The van der Waals surface area contributed by atoms with Crippen LogP contribution in [0, 0.1) is 0 Å². The average molecular weight is 347 g/mol. The summed E-state index contributed by atoms with van der Waals surface area (Å²) in [4.78, 5) is 28.1. The number of nitrogens with zero attached hydrogens (tertiary/aromatic N) is 2. The van der Waals surface area contributed by atoms with E-state index in [9.17, 15) is 9.59 Å². The lowest BCUT2D eigenvalue weighted by Crippen LogP contribution is -2.53. The standard InChI is InChI=1S/C18H25N3O4/c1-3-13(2)19-17(22)18(23)21-8-6-20(7-9-21)11-14-4-5-15-16(10-14)25-12-24-15/h4-5,10,13H,3,6-9,11-12H2,1-2H3,(H,19,22). The topological polar surface area (TPSA) is 71.1 Å². The number of amides is 2.